The average Bonchev–Trinajstić information content (AvgIpc) is 2.82. The van der Waals surface area contributed by atoms with Gasteiger partial charge in [0.15, 0.2) is 24.5 Å². The van der Waals surface area contributed by atoms with Gasteiger partial charge in [-0.2, -0.15) is 0 Å². The quantitative estimate of drug-likeness (QED) is 0.348. The Balaban J connectivity index is 2.78. The molecule has 236 valence electrons. The van der Waals surface area contributed by atoms with E-state index >= 15 is 0 Å². The molecule has 2 rings (SSSR count). The fraction of sp³-hybridized carbons (Fsp3) is 0.710. The Labute approximate surface area is 248 Å². The molecule has 0 aliphatic carbocycles. The second-order valence-electron chi connectivity index (χ2n) is 14.7. The van der Waals surface area contributed by atoms with E-state index in [0.717, 1.165) is 0 Å². The van der Waals surface area contributed by atoms with Gasteiger partial charge >= 0.3 is 23.9 Å². The Kier molecular flexibility index (Phi) is 10.5. The van der Waals surface area contributed by atoms with Crippen LogP contribution in [-0.2, 0) is 42.9 Å². The SMILES string of the molecule is CC(C)(C)C(=O)OCC1O[C@@H](n2ccccc2=O)C(OC(=O)C(C)(C)C)C(OC(=O)C(C)(C)C)[C@H]1OC(=O)C(C)(C)C. The van der Waals surface area contributed by atoms with Crippen LogP contribution in [-0.4, -0.2) is 59.5 Å². The van der Waals surface area contributed by atoms with Crippen LogP contribution in [0.2, 0.25) is 0 Å². The Bertz CT molecular complexity index is 1210. The van der Waals surface area contributed by atoms with E-state index in [9.17, 15) is 24.0 Å². The van der Waals surface area contributed by atoms with Crippen molar-refractivity contribution in [3.63, 3.8) is 0 Å². The zero-order valence-corrected chi connectivity index (χ0v) is 26.9. The predicted octanol–water partition coefficient (Wildman–Crippen LogP) is 4.21. The number of hydrogen-bond acceptors (Lipinski definition) is 10. The first-order valence-corrected chi connectivity index (χ1v) is 14.1. The lowest BCUT2D eigenvalue weighted by atomic mass is 9.92. The van der Waals surface area contributed by atoms with Gasteiger partial charge in [0.1, 0.15) is 12.7 Å². The van der Waals surface area contributed by atoms with Crippen LogP contribution >= 0.6 is 0 Å². The highest BCUT2D eigenvalue weighted by molar-refractivity contribution is 5.78. The van der Waals surface area contributed by atoms with E-state index in [1.54, 1.807) is 89.2 Å². The normalized spacial score (nSPS) is 23.5. The number of esters is 4. The van der Waals surface area contributed by atoms with Gasteiger partial charge in [-0.3, -0.25) is 28.5 Å². The van der Waals surface area contributed by atoms with Gasteiger partial charge < -0.3 is 23.7 Å². The third-order valence-corrected chi connectivity index (χ3v) is 6.29. The molecule has 11 heteroatoms. The van der Waals surface area contributed by atoms with Crippen molar-refractivity contribution in [3.05, 3.63) is 34.7 Å². The van der Waals surface area contributed by atoms with Crippen molar-refractivity contribution in [1.82, 2.24) is 4.57 Å². The molecule has 0 spiro atoms. The molecule has 5 atom stereocenters. The molecule has 42 heavy (non-hydrogen) atoms. The van der Waals surface area contributed by atoms with E-state index in [-0.39, 0.29) is 0 Å². The summed E-state index contributed by atoms with van der Waals surface area (Å²) < 4.78 is 30.9. The van der Waals surface area contributed by atoms with E-state index in [1.165, 1.54) is 22.9 Å². The van der Waals surface area contributed by atoms with Gasteiger partial charge in [-0.1, -0.05) is 6.07 Å². The lowest BCUT2D eigenvalue weighted by Gasteiger charge is -2.46. The van der Waals surface area contributed by atoms with Gasteiger partial charge in [-0.15, -0.1) is 0 Å². The maximum absolute atomic E-state index is 13.3. The van der Waals surface area contributed by atoms with Gasteiger partial charge in [-0.25, -0.2) is 0 Å². The van der Waals surface area contributed by atoms with E-state index < -0.39 is 88.3 Å². The van der Waals surface area contributed by atoms with Crippen molar-refractivity contribution in [2.75, 3.05) is 6.61 Å². The molecule has 0 aromatic carbocycles. The van der Waals surface area contributed by atoms with Gasteiger partial charge in [-0.05, 0) is 89.2 Å². The topological polar surface area (TPSA) is 136 Å². The fourth-order valence-electron chi connectivity index (χ4n) is 3.58. The summed E-state index contributed by atoms with van der Waals surface area (Å²) in [4.78, 5) is 65.5. The standard InChI is InChI=1S/C31H47NO10/c1-28(2,3)24(34)38-17-18-20(40-25(35)29(4,5)6)21(41-26(36)30(7,8)9)22(42-27(37)31(10,11)12)23(39-18)32-16-14-13-15-19(32)33/h13-16,18,20-23H,17H2,1-12H3/t18?,20-,21?,22?,23+/m0/s1. The second kappa shape index (κ2) is 12.6. The molecule has 1 saturated heterocycles. The molecule has 1 aromatic heterocycles. The van der Waals surface area contributed by atoms with Crippen molar-refractivity contribution in [3.8, 4) is 0 Å². The van der Waals surface area contributed by atoms with Crippen LogP contribution in [0.5, 0.6) is 0 Å². The number of ether oxygens (including phenoxy) is 5. The molecule has 2 heterocycles. The molecule has 1 aliphatic heterocycles. The highest BCUT2D eigenvalue weighted by Crippen LogP contribution is 2.37. The molecule has 0 N–H and O–H groups in total. The molecule has 0 bridgehead atoms. The minimum atomic E-state index is -1.43. The van der Waals surface area contributed by atoms with Gasteiger partial charge in [0.05, 0.1) is 21.7 Å². The summed E-state index contributed by atoms with van der Waals surface area (Å²) in [5.74, 6) is -2.55. The maximum Gasteiger partial charge on any atom is 0.311 e. The fourth-order valence-corrected chi connectivity index (χ4v) is 3.58. The minimum Gasteiger partial charge on any atom is -0.462 e. The van der Waals surface area contributed by atoms with Gasteiger partial charge in [0.25, 0.3) is 5.56 Å². The molecule has 1 aliphatic rings. The van der Waals surface area contributed by atoms with Crippen molar-refractivity contribution in [1.29, 1.82) is 0 Å². The smallest absolute Gasteiger partial charge is 0.311 e. The molecule has 3 unspecified atom stereocenters. The largest absolute Gasteiger partial charge is 0.462 e. The molecular formula is C31H47NO10. The summed E-state index contributed by atoms with van der Waals surface area (Å²) in [7, 11) is 0. The van der Waals surface area contributed by atoms with E-state index in [2.05, 4.69) is 0 Å². The first-order chi connectivity index (χ1) is 18.9. The predicted molar refractivity (Wildman–Crippen MR) is 153 cm³/mol. The summed E-state index contributed by atoms with van der Waals surface area (Å²) in [6.07, 6.45) is -5.32. The Hall–Kier alpha value is -3.21. The lowest BCUT2D eigenvalue weighted by molar-refractivity contribution is -0.275. The zero-order chi connectivity index (χ0) is 32.4. The zero-order valence-electron chi connectivity index (χ0n) is 26.9. The monoisotopic (exact) mass is 593 g/mol. The van der Waals surface area contributed by atoms with Crippen LogP contribution in [0.4, 0.5) is 0 Å². The number of rotatable bonds is 6. The third kappa shape index (κ3) is 8.89. The van der Waals surface area contributed by atoms with Crippen LogP contribution in [0.1, 0.15) is 89.3 Å². The van der Waals surface area contributed by atoms with E-state index in [0.29, 0.717) is 0 Å². The first kappa shape index (κ1) is 35.0. The second-order valence-corrected chi connectivity index (χ2v) is 14.7. The summed E-state index contributed by atoms with van der Waals surface area (Å²) in [6.45, 7) is 19.4. The van der Waals surface area contributed by atoms with Gasteiger partial charge in [0.2, 0.25) is 0 Å². The van der Waals surface area contributed by atoms with E-state index in [4.69, 9.17) is 23.7 Å². The first-order valence-electron chi connectivity index (χ1n) is 14.1. The molecule has 11 nitrogen and oxygen atoms in total. The molecule has 1 fully saturated rings. The van der Waals surface area contributed by atoms with Crippen LogP contribution in [0, 0.1) is 21.7 Å². The number of aromatic nitrogens is 1. The Morgan fingerprint density at radius 1 is 0.667 bits per heavy atom. The summed E-state index contributed by atoms with van der Waals surface area (Å²) in [5.41, 5.74) is -4.30. The van der Waals surface area contributed by atoms with Crippen molar-refractivity contribution >= 4 is 23.9 Å². The third-order valence-electron chi connectivity index (χ3n) is 6.29. The summed E-state index contributed by atoms with van der Waals surface area (Å²) in [6, 6.07) is 4.41. The molecule has 0 amide bonds. The van der Waals surface area contributed by atoms with Crippen LogP contribution in [0.3, 0.4) is 0 Å². The van der Waals surface area contributed by atoms with Crippen molar-refractivity contribution in [2.45, 2.75) is 114 Å². The number of pyridine rings is 1. The molecular weight excluding hydrogens is 546 g/mol. The van der Waals surface area contributed by atoms with Crippen LogP contribution < -0.4 is 5.56 Å². The molecule has 0 radical (unpaired) electrons. The highest BCUT2D eigenvalue weighted by atomic mass is 16.7. The van der Waals surface area contributed by atoms with Crippen molar-refractivity contribution < 1.29 is 42.9 Å². The number of carbonyl (C=O) groups excluding carboxylic acids is 4. The Morgan fingerprint density at radius 3 is 1.52 bits per heavy atom. The molecule has 1 aromatic rings. The highest BCUT2D eigenvalue weighted by Gasteiger charge is 2.55. The number of carbonyl (C=O) groups is 4. The van der Waals surface area contributed by atoms with Crippen LogP contribution in [0.25, 0.3) is 0 Å². The number of hydrogen-bond donors (Lipinski definition) is 0. The van der Waals surface area contributed by atoms with Crippen molar-refractivity contribution in [2.24, 2.45) is 21.7 Å². The maximum atomic E-state index is 13.3. The van der Waals surface area contributed by atoms with Crippen LogP contribution in [0.15, 0.2) is 29.2 Å². The average molecular weight is 594 g/mol. The minimum absolute atomic E-state index is 0.403. The lowest BCUT2D eigenvalue weighted by Crippen LogP contribution is -2.62. The Morgan fingerprint density at radius 2 is 1.10 bits per heavy atom. The summed E-state index contributed by atoms with van der Waals surface area (Å²) in [5, 5.41) is 0. The summed E-state index contributed by atoms with van der Waals surface area (Å²) >= 11 is 0. The van der Waals surface area contributed by atoms with E-state index in [1.807, 2.05) is 0 Å². The number of nitrogens with zero attached hydrogens (tertiary/aromatic N) is 1. The molecule has 0 saturated carbocycles. The van der Waals surface area contributed by atoms with Gasteiger partial charge in [0, 0.05) is 12.3 Å².